The zero-order chi connectivity index (χ0) is 30.5. The van der Waals surface area contributed by atoms with Gasteiger partial charge in [0.2, 0.25) is 5.72 Å². The second-order valence-electron chi connectivity index (χ2n) is 9.08. The third-order valence-electron chi connectivity index (χ3n) is 6.11. The number of phosphoric ester groups is 1. The molecule has 0 saturated heterocycles. The lowest BCUT2D eigenvalue weighted by atomic mass is 9.98. The molecule has 42 heavy (non-hydrogen) atoms. The minimum atomic E-state index is -5.23. The zero-order valence-corrected chi connectivity index (χ0v) is 23.3. The summed E-state index contributed by atoms with van der Waals surface area (Å²) >= 11 is 0. The first-order chi connectivity index (χ1) is 19.9. The van der Waals surface area contributed by atoms with Gasteiger partial charge in [-0.1, -0.05) is 24.3 Å². The van der Waals surface area contributed by atoms with Crippen LogP contribution in [0.3, 0.4) is 0 Å². The number of carbonyl (C=O) groups excluding carboxylic acids is 1. The summed E-state index contributed by atoms with van der Waals surface area (Å²) in [6.07, 6.45) is 2.34. The van der Waals surface area contributed by atoms with Crippen LogP contribution in [-0.4, -0.2) is 51.8 Å². The summed E-state index contributed by atoms with van der Waals surface area (Å²) in [5.41, 5.74) is -1.90. The third kappa shape index (κ3) is 7.19. The molecule has 1 aliphatic rings. The lowest BCUT2D eigenvalue weighted by Gasteiger charge is -2.27. The number of carbonyl (C=O) groups is 1. The number of pyridine rings is 2. The van der Waals surface area contributed by atoms with E-state index in [4.69, 9.17) is 14.0 Å². The number of ether oxygens (including phenoxy) is 2. The van der Waals surface area contributed by atoms with E-state index < -0.39 is 44.2 Å². The molecule has 0 radical (unpaired) electrons. The number of rotatable bonds is 12. The molecular formula is C26H26F2N5O8P. The van der Waals surface area contributed by atoms with Crippen LogP contribution in [-0.2, 0) is 38.1 Å². The molecule has 0 aliphatic carbocycles. The highest BCUT2D eigenvalue weighted by molar-refractivity contribution is 7.46. The molecule has 2 aromatic heterocycles. The van der Waals surface area contributed by atoms with E-state index in [1.54, 1.807) is 24.3 Å². The van der Waals surface area contributed by atoms with Gasteiger partial charge in [-0.05, 0) is 17.2 Å². The van der Waals surface area contributed by atoms with Gasteiger partial charge in [0.15, 0.2) is 11.6 Å². The Kier molecular flexibility index (Phi) is 9.39. The number of phosphoric acid groups is 1. The summed E-state index contributed by atoms with van der Waals surface area (Å²) < 4.78 is 56.2. The molecule has 4 rings (SSSR count). The number of hydrogen-bond donors (Lipinski definition) is 3. The first-order valence-corrected chi connectivity index (χ1v) is 13.8. The van der Waals surface area contributed by atoms with E-state index in [9.17, 15) is 32.7 Å². The fraction of sp³-hybridized carbons (Fsp3) is 0.269. The topological polar surface area (TPSA) is 174 Å². The van der Waals surface area contributed by atoms with Crippen LogP contribution in [0, 0.1) is 11.6 Å². The molecule has 0 spiro atoms. The predicted molar refractivity (Wildman–Crippen MR) is 142 cm³/mol. The molecule has 1 aromatic carbocycles. The molecule has 222 valence electrons. The standard InChI is InChI=1S/C26H26F2N5O8P/c1-39-15-26(41-42(36,37)38)23(25(35)30-12-20-24(28)21(40-2)9-10-29-20)19(31-32-26)11-16-3-5-17(6-4-16)13-33-14-18(27)7-8-22(33)34/h3-10,14H,11-13,15H2,1-2H3,(H,30,35)(H2,36,37,38). The average Bonchev–Trinajstić information content (AvgIpc) is 3.26. The van der Waals surface area contributed by atoms with E-state index >= 15 is 0 Å². The highest BCUT2D eigenvalue weighted by Gasteiger charge is 2.50. The van der Waals surface area contributed by atoms with Crippen molar-refractivity contribution in [2.75, 3.05) is 20.8 Å². The first-order valence-electron chi connectivity index (χ1n) is 12.3. The Bertz CT molecular complexity index is 1640. The monoisotopic (exact) mass is 605 g/mol. The largest absolute Gasteiger partial charge is 0.494 e. The van der Waals surface area contributed by atoms with E-state index in [0.717, 1.165) is 18.3 Å². The highest BCUT2D eigenvalue weighted by atomic mass is 31.2. The van der Waals surface area contributed by atoms with E-state index in [0.29, 0.717) is 11.1 Å². The summed E-state index contributed by atoms with van der Waals surface area (Å²) in [5, 5.41) is 10.3. The van der Waals surface area contributed by atoms with Gasteiger partial charge < -0.3 is 29.1 Å². The minimum absolute atomic E-state index is 0.00572. The van der Waals surface area contributed by atoms with Gasteiger partial charge in [0, 0.05) is 38.1 Å². The zero-order valence-electron chi connectivity index (χ0n) is 22.4. The molecule has 3 N–H and O–H groups in total. The fourth-order valence-corrected chi connectivity index (χ4v) is 4.83. The maximum absolute atomic E-state index is 14.6. The molecule has 1 unspecified atom stereocenters. The summed E-state index contributed by atoms with van der Waals surface area (Å²) in [6, 6.07) is 10.2. The van der Waals surface area contributed by atoms with Gasteiger partial charge in [-0.2, -0.15) is 5.11 Å². The van der Waals surface area contributed by atoms with E-state index in [-0.39, 0.29) is 41.2 Å². The van der Waals surface area contributed by atoms with Gasteiger partial charge in [0.05, 0.1) is 37.2 Å². The number of nitrogens with one attached hydrogen (secondary N) is 1. The highest BCUT2D eigenvalue weighted by Crippen LogP contribution is 2.48. The second kappa shape index (κ2) is 12.8. The van der Waals surface area contributed by atoms with Crippen LogP contribution in [0.5, 0.6) is 5.75 Å². The molecule has 1 amide bonds. The first kappa shape index (κ1) is 30.8. The normalized spacial score (nSPS) is 16.6. The molecule has 16 heteroatoms. The Morgan fingerprint density at radius 2 is 1.81 bits per heavy atom. The summed E-state index contributed by atoms with van der Waals surface area (Å²) in [7, 11) is -2.75. The number of amides is 1. The Morgan fingerprint density at radius 3 is 2.48 bits per heavy atom. The smallest absolute Gasteiger partial charge is 0.472 e. The molecule has 1 atom stereocenters. The number of halogens is 2. The van der Waals surface area contributed by atoms with E-state index in [2.05, 4.69) is 20.5 Å². The Balaban J connectivity index is 1.63. The third-order valence-corrected chi connectivity index (χ3v) is 6.65. The van der Waals surface area contributed by atoms with Gasteiger partial charge in [0.1, 0.15) is 12.4 Å². The van der Waals surface area contributed by atoms with E-state index in [1.807, 2.05) is 0 Å². The maximum Gasteiger partial charge on any atom is 0.472 e. The molecule has 3 aromatic rings. The van der Waals surface area contributed by atoms with Crippen molar-refractivity contribution in [3.8, 4) is 5.75 Å². The molecular weight excluding hydrogens is 579 g/mol. The molecule has 0 fully saturated rings. The van der Waals surface area contributed by atoms with Crippen LogP contribution >= 0.6 is 7.82 Å². The molecule has 13 nitrogen and oxygen atoms in total. The fourth-order valence-electron chi connectivity index (χ4n) is 4.26. The van der Waals surface area contributed by atoms with Gasteiger partial charge in [-0.3, -0.25) is 14.6 Å². The Morgan fingerprint density at radius 1 is 1.10 bits per heavy atom. The lowest BCUT2D eigenvalue weighted by Crippen LogP contribution is -2.42. The van der Waals surface area contributed by atoms with Gasteiger partial charge in [-0.15, -0.1) is 5.11 Å². The van der Waals surface area contributed by atoms with Gasteiger partial charge >= 0.3 is 7.82 Å². The lowest BCUT2D eigenvalue weighted by molar-refractivity contribution is -0.120. The number of hydrogen-bond acceptors (Lipinski definition) is 9. The van der Waals surface area contributed by atoms with Crippen molar-refractivity contribution in [3.63, 3.8) is 0 Å². The van der Waals surface area contributed by atoms with Crippen molar-refractivity contribution in [2.24, 2.45) is 10.2 Å². The van der Waals surface area contributed by atoms with Crippen molar-refractivity contribution < 1.29 is 41.9 Å². The van der Waals surface area contributed by atoms with Crippen LogP contribution in [0.2, 0.25) is 0 Å². The van der Waals surface area contributed by atoms with Crippen molar-refractivity contribution in [1.82, 2.24) is 14.9 Å². The van der Waals surface area contributed by atoms with Crippen molar-refractivity contribution in [3.05, 3.63) is 105 Å². The number of methoxy groups -OCH3 is 2. The Labute approximate surface area is 237 Å². The molecule has 0 bridgehead atoms. The summed E-state index contributed by atoms with van der Waals surface area (Å²) in [5.74, 6) is -2.36. The van der Waals surface area contributed by atoms with Crippen molar-refractivity contribution in [2.45, 2.75) is 25.2 Å². The van der Waals surface area contributed by atoms with Crippen LogP contribution in [0.25, 0.3) is 0 Å². The molecule has 1 aliphatic heterocycles. The van der Waals surface area contributed by atoms with Crippen LogP contribution in [0.15, 0.2) is 81.2 Å². The number of azo groups is 1. The minimum Gasteiger partial charge on any atom is -0.494 e. The Hall–Kier alpha value is -4.14. The maximum atomic E-state index is 14.6. The molecule has 0 saturated carbocycles. The summed E-state index contributed by atoms with van der Waals surface area (Å²) in [6.45, 7) is -0.887. The van der Waals surface area contributed by atoms with E-state index in [1.165, 1.54) is 31.0 Å². The predicted octanol–water partition coefficient (Wildman–Crippen LogP) is 2.61. The van der Waals surface area contributed by atoms with Gasteiger partial charge in [0.25, 0.3) is 11.5 Å². The second-order valence-corrected chi connectivity index (χ2v) is 10.2. The SMILES string of the molecule is COCC1(OP(=O)(O)O)N=NC(Cc2ccc(Cn3cc(F)ccc3=O)cc2)=C1C(=O)NCc1nccc(OC)c1F. The van der Waals surface area contributed by atoms with Crippen LogP contribution in [0.4, 0.5) is 8.78 Å². The van der Waals surface area contributed by atoms with Crippen LogP contribution < -0.4 is 15.6 Å². The van der Waals surface area contributed by atoms with Crippen molar-refractivity contribution in [1.29, 1.82) is 0 Å². The quantitative estimate of drug-likeness (QED) is 0.262. The van der Waals surface area contributed by atoms with Gasteiger partial charge in [-0.25, -0.2) is 17.9 Å². The summed E-state index contributed by atoms with van der Waals surface area (Å²) in [4.78, 5) is 48.5. The average molecular weight is 605 g/mol. The number of aromatic nitrogens is 2. The van der Waals surface area contributed by atoms with Crippen LogP contribution in [0.1, 0.15) is 16.8 Å². The molecule has 3 heterocycles. The number of benzene rings is 1. The van der Waals surface area contributed by atoms with Crippen molar-refractivity contribution >= 4 is 13.7 Å². The number of allylic oxidation sites excluding steroid dienone is 1. The number of nitrogens with zero attached hydrogens (tertiary/aromatic N) is 4.